The summed E-state index contributed by atoms with van der Waals surface area (Å²) in [5.41, 5.74) is 5.91. The Bertz CT molecular complexity index is 1380. The Balaban J connectivity index is 1.61. The zero-order valence-electron chi connectivity index (χ0n) is 23.4. The molecule has 0 radical (unpaired) electrons. The predicted octanol–water partition coefficient (Wildman–Crippen LogP) is 4.58. The Morgan fingerprint density at radius 1 is 0.949 bits per heavy atom. The maximum atomic E-state index is 13.3. The van der Waals surface area contributed by atoms with Crippen LogP contribution in [0.1, 0.15) is 42.5 Å². The molecule has 0 amide bonds. The Hall–Kier alpha value is -3.04. The SMILES string of the molecule is Cc1ccc(CC(C)(C)NCC(O)CN(C)S(=O)(=O)c2cccc(-c3ccc(CCC(=O)O)cc3)c2)cc1C. The molecule has 0 fully saturated rings. The Morgan fingerprint density at radius 3 is 2.26 bits per heavy atom. The summed E-state index contributed by atoms with van der Waals surface area (Å²) < 4.78 is 27.8. The molecular weight excluding hydrogens is 512 g/mol. The van der Waals surface area contributed by atoms with E-state index in [4.69, 9.17) is 5.11 Å². The number of carboxylic acids is 1. The number of sulfonamides is 1. The number of aryl methyl sites for hydroxylation is 3. The molecular formula is C31H40N2O5S. The van der Waals surface area contributed by atoms with Crippen LogP contribution in [0.4, 0.5) is 0 Å². The van der Waals surface area contributed by atoms with E-state index in [1.54, 1.807) is 18.2 Å². The summed E-state index contributed by atoms with van der Waals surface area (Å²) >= 11 is 0. The molecule has 0 aliphatic heterocycles. The average molecular weight is 553 g/mol. The van der Waals surface area contributed by atoms with Crippen LogP contribution in [-0.4, -0.2) is 60.7 Å². The molecule has 0 saturated carbocycles. The molecule has 0 bridgehead atoms. The van der Waals surface area contributed by atoms with Gasteiger partial charge in [-0.3, -0.25) is 4.79 Å². The fourth-order valence-electron chi connectivity index (χ4n) is 4.47. The molecule has 210 valence electrons. The third kappa shape index (κ3) is 8.73. The quantitative estimate of drug-likeness (QED) is 0.287. The van der Waals surface area contributed by atoms with Gasteiger partial charge in [-0.2, -0.15) is 4.31 Å². The van der Waals surface area contributed by atoms with Crippen LogP contribution in [0.3, 0.4) is 0 Å². The third-order valence-corrected chi connectivity index (χ3v) is 8.78. The number of aliphatic hydroxyl groups is 1. The summed E-state index contributed by atoms with van der Waals surface area (Å²) in [5.74, 6) is -0.844. The predicted molar refractivity (Wildman–Crippen MR) is 155 cm³/mol. The van der Waals surface area contributed by atoms with Crippen molar-refractivity contribution < 1.29 is 23.4 Å². The van der Waals surface area contributed by atoms with Crippen LogP contribution < -0.4 is 5.32 Å². The standard InChI is InChI=1S/C31H40N2O5S/c1-22-9-10-25(17-23(22)2)19-31(3,4)32-20-28(34)21-33(5)39(37,38)29-8-6-7-27(18-29)26-14-11-24(12-15-26)13-16-30(35)36/h6-12,14-15,17-18,28,32,34H,13,16,19-21H2,1-5H3,(H,35,36). The van der Waals surface area contributed by atoms with E-state index < -0.39 is 22.1 Å². The highest BCUT2D eigenvalue weighted by atomic mass is 32.2. The van der Waals surface area contributed by atoms with E-state index in [-0.39, 0.29) is 29.9 Å². The van der Waals surface area contributed by atoms with Gasteiger partial charge in [-0.05, 0) is 86.1 Å². The van der Waals surface area contributed by atoms with Gasteiger partial charge in [0, 0.05) is 32.1 Å². The van der Waals surface area contributed by atoms with E-state index in [2.05, 4.69) is 51.2 Å². The lowest BCUT2D eigenvalue weighted by atomic mass is 9.93. The molecule has 1 atom stereocenters. The number of benzene rings is 3. The number of nitrogens with zero attached hydrogens (tertiary/aromatic N) is 1. The molecule has 0 aliphatic carbocycles. The highest BCUT2D eigenvalue weighted by Gasteiger charge is 2.25. The van der Waals surface area contributed by atoms with Gasteiger partial charge < -0.3 is 15.5 Å². The van der Waals surface area contributed by atoms with Crippen LogP contribution in [0, 0.1) is 13.8 Å². The number of nitrogens with one attached hydrogen (secondary N) is 1. The largest absolute Gasteiger partial charge is 0.481 e. The van der Waals surface area contributed by atoms with Gasteiger partial charge in [0.2, 0.25) is 10.0 Å². The highest BCUT2D eigenvalue weighted by Crippen LogP contribution is 2.25. The number of β-amino-alcohol motifs (C(OH)–C–C–N with tert-alkyl or cyclic N) is 1. The minimum atomic E-state index is -3.82. The molecule has 0 aromatic heterocycles. The van der Waals surface area contributed by atoms with Gasteiger partial charge in [-0.25, -0.2) is 8.42 Å². The molecule has 3 aromatic rings. The molecule has 0 heterocycles. The van der Waals surface area contributed by atoms with Crippen LogP contribution in [0.15, 0.2) is 71.6 Å². The van der Waals surface area contributed by atoms with Gasteiger partial charge in [-0.15, -0.1) is 0 Å². The van der Waals surface area contributed by atoms with Gasteiger partial charge >= 0.3 is 5.97 Å². The summed E-state index contributed by atoms with van der Waals surface area (Å²) in [6.45, 7) is 8.53. The molecule has 1 unspecified atom stereocenters. The van der Waals surface area contributed by atoms with Crippen molar-refractivity contribution in [3.05, 3.63) is 89.0 Å². The number of aliphatic hydroxyl groups excluding tert-OH is 1. The molecule has 0 saturated heterocycles. The normalized spacial score (nSPS) is 13.0. The fraction of sp³-hybridized carbons (Fsp3) is 0.387. The summed E-state index contributed by atoms with van der Waals surface area (Å²) in [5, 5.41) is 22.9. The van der Waals surface area contributed by atoms with Crippen molar-refractivity contribution in [3.63, 3.8) is 0 Å². The number of hydrogen-bond acceptors (Lipinski definition) is 5. The topological polar surface area (TPSA) is 107 Å². The van der Waals surface area contributed by atoms with E-state index in [9.17, 15) is 18.3 Å². The lowest BCUT2D eigenvalue weighted by molar-refractivity contribution is -0.136. The van der Waals surface area contributed by atoms with Crippen molar-refractivity contribution in [3.8, 4) is 11.1 Å². The first kappa shape index (κ1) is 30.5. The molecule has 3 aromatic carbocycles. The van der Waals surface area contributed by atoms with Gasteiger partial charge in [0.25, 0.3) is 0 Å². The number of rotatable bonds is 13. The molecule has 0 aliphatic rings. The minimum Gasteiger partial charge on any atom is -0.481 e. The van der Waals surface area contributed by atoms with Gasteiger partial charge in [0.1, 0.15) is 0 Å². The van der Waals surface area contributed by atoms with E-state index in [0.29, 0.717) is 6.42 Å². The number of hydrogen-bond donors (Lipinski definition) is 3. The van der Waals surface area contributed by atoms with Gasteiger partial charge in [-0.1, -0.05) is 54.6 Å². The first-order valence-corrected chi connectivity index (χ1v) is 14.6. The zero-order chi connectivity index (χ0) is 28.8. The fourth-order valence-corrected chi connectivity index (χ4v) is 5.73. The van der Waals surface area contributed by atoms with Crippen molar-refractivity contribution in [1.82, 2.24) is 9.62 Å². The van der Waals surface area contributed by atoms with Crippen molar-refractivity contribution >= 4 is 16.0 Å². The molecule has 0 spiro atoms. The van der Waals surface area contributed by atoms with Crippen molar-refractivity contribution in [2.45, 2.75) is 63.5 Å². The summed E-state index contributed by atoms with van der Waals surface area (Å²) in [6.07, 6.45) is 0.396. The number of likely N-dealkylation sites (N-methyl/N-ethyl adjacent to an activating group) is 1. The second-order valence-corrected chi connectivity index (χ2v) is 13.0. The average Bonchev–Trinajstić information content (AvgIpc) is 2.88. The second kappa shape index (κ2) is 12.9. The smallest absolute Gasteiger partial charge is 0.303 e. The summed E-state index contributed by atoms with van der Waals surface area (Å²) in [7, 11) is -2.35. The molecule has 3 rings (SSSR count). The summed E-state index contributed by atoms with van der Waals surface area (Å²) in [6, 6.07) is 20.5. The first-order valence-electron chi connectivity index (χ1n) is 13.1. The van der Waals surface area contributed by atoms with Crippen LogP contribution >= 0.6 is 0 Å². The second-order valence-electron chi connectivity index (χ2n) is 10.9. The van der Waals surface area contributed by atoms with Crippen molar-refractivity contribution in [2.24, 2.45) is 0 Å². The van der Waals surface area contributed by atoms with Crippen LogP contribution in [0.5, 0.6) is 0 Å². The Labute approximate surface area is 232 Å². The minimum absolute atomic E-state index is 0.0441. The molecule has 7 nitrogen and oxygen atoms in total. The van der Waals surface area contributed by atoms with Crippen LogP contribution in [0.2, 0.25) is 0 Å². The number of aliphatic carboxylic acids is 1. The number of carbonyl (C=O) groups is 1. The van der Waals surface area contributed by atoms with E-state index in [0.717, 1.165) is 23.1 Å². The van der Waals surface area contributed by atoms with Gasteiger partial charge in [0.15, 0.2) is 0 Å². The Kier molecular flexibility index (Phi) is 10.1. The maximum Gasteiger partial charge on any atom is 0.303 e. The summed E-state index contributed by atoms with van der Waals surface area (Å²) in [4.78, 5) is 10.9. The van der Waals surface area contributed by atoms with Crippen molar-refractivity contribution in [1.29, 1.82) is 0 Å². The van der Waals surface area contributed by atoms with Crippen LogP contribution in [-0.2, 0) is 27.7 Å². The number of carboxylic acid groups (broad SMARTS) is 1. The highest BCUT2D eigenvalue weighted by molar-refractivity contribution is 7.89. The first-order chi connectivity index (χ1) is 18.3. The lowest BCUT2D eigenvalue weighted by Gasteiger charge is -2.29. The van der Waals surface area contributed by atoms with Gasteiger partial charge in [0.05, 0.1) is 11.0 Å². The Morgan fingerprint density at radius 2 is 1.62 bits per heavy atom. The van der Waals surface area contributed by atoms with E-state index in [1.165, 1.54) is 28.0 Å². The molecule has 39 heavy (non-hydrogen) atoms. The monoisotopic (exact) mass is 552 g/mol. The third-order valence-electron chi connectivity index (χ3n) is 6.96. The van der Waals surface area contributed by atoms with Crippen LogP contribution in [0.25, 0.3) is 11.1 Å². The zero-order valence-corrected chi connectivity index (χ0v) is 24.3. The van der Waals surface area contributed by atoms with E-state index in [1.807, 2.05) is 30.3 Å². The van der Waals surface area contributed by atoms with Crippen molar-refractivity contribution in [2.75, 3.05) is 20.1 Å². The lowest BCUT2D eigenvalue weighted by Crippen LogP contribution is -2.47. The molecule has 3 N–H and O–H groups in total. The van der Waals surface area contributed by atoms with E-state index >= 15 is 0 Å². The maximum absolute atomic E-state index is 13.3. The molecule has 8 heteroatoms.